The summed E-state index contributed by atoms with van der Waals surface area (Å²) in [4.78, 5) is 22.5. The van der Waals surface area contributed by atoms with E-state index in [1.807, 2.05) is 0 Å². The molecule has 1 aliphatic carbocycles. The molecule has 0 bridgehead atoms. The lowest BCUT2D eigenvalue weighted by atomic mass is 10.2. The summed E-state index contributed by atoms with van der Waals surface area (Å²) in [5, 5.41) is 13.1. The first-order valence-corrected chi connectivity index (χ1v) is 10.7. The van der Waals surface area contributed by atoms with Gasteiger partial charge < -0.3 is 10.1 Å². The Bertz CT molecular complexity index is 1080. The molecule has 0 unspecified atom stereocenters. The molecule has 0 aliphatic heterocycles. The summed E-state index contributed by atoms with van der Waals surface area (Å²) in [6.45, 7) is 0. The second kappa shape index (κ2) is 8.76. The molecule has 0 aromatic heterocycles. The standard InChI is InChI=1S/C19H20FN3O6S/c1-29-17-9-6-12(10-18(17)30(27,28)22-13-4-2-3-5-13)19(24)21-16-11-14(23(25)26)7-8-15(16)20/h6-11,13,22H,2-5H2,1H3,(H,21,24). The summed E-state index contributed by atoms with van der Waals surface area (Å²) in [5.41, 5.74) is -0.863. The molecule has 11 heteroatoms. The molecule has 0 radical (unpaired) electrons. The van der Waals surface area contributed by atoms with Crippen LogP contribution in [0.4, 0.5) is 15.8 Å². The van der Waals surface area contributed by atoms with Crippen LogP contribution in [0.5, 0.6) is 5.75 Å². The van der Waals surface area contributed by atoms with Crippen LogP contribution in [-0.4, -0.2) is 32.4 Å². The fraction of sp³-hybridized carbons (Fsp3) is 0.316. The number of nitro benzene ring substituents is 1. The van der Waals surface area contributed by atoms with Gasteiger partial charge in [0.2, 0.25) is 10.0 Å². The third-order valence-electron chi connectivity index (χ3n) is 4.80. The molecule has 0 heterocycles. The number of rotatable bonds is 7. The molecule has 0 atom stereocenters. The quantitative estimate of drug-likeness (QED) is 0.506. The number of hydrogen-bond donors (Lipinski definition) is 2. The maximum atomic E-state index is 14.0. The van der Waals surface area contributed by atoms with Gasteiger partial charge in [0.25, 0.3) is 11.6 Å². The van der Waals surface area contributed by atoms with Gasteiger partial charge in [-0.15, -0.1) is 0 Å². The van der Waals surface area contributed by atoms with E-state index in [0.717, 1.165) is 49.9 Å². The number of benzene rings is 2. The lowest BCUT2D eigenvalue weighted by Gasteiger charge is -2.16. The van der Waals surface area contributed by atoms with Crippen LogP contribution in [0, 0.1) is 15.9 Å². The van der Waals surface area contributed by atoms with E-state index in [1.54, 1.807) is 0 Å². The summed E-state index contributed by atoms with van der Waals surface area (Å²) < 4.78 is 47.3. The molecule has 2 aromatic carbocycles. The summed E-state index contributed by atoms with van der Waals surface area (Å²) in [7, 11) is -2.65. The van der Waals surface area contributed by atoms with Crippen LogP contribution in [0.25, 0.3) is 0 Å². The number of ether oxygens (including phenoxy) is 1. The molecule has 2 N–H and O–H groups in total. The van der Waals surface area contributed by atoms with Gasteiger partial charge in [-0.1, -0.05) is 12.8 Å². The van der Waals surface area contributed by atoms with Crippen molar-refractivity contribution in [2.24, 2.45) is 0 Å². The van der Waals surface area contributed by atoms with E-state index in [2.05, 4.69) is 10.0 Å². The van der Waals surface area contributed by atoms with Crippen LogP contribution in [0.3, 0.4) is 0 Å². The molecular formula is C19H20FN3O6S. The molecule has 9 nitrogen and oxygen atoms in total. The topological polar surface area (TPSA) is 128 Å². The van der Waals surface area contributed by atoms with Gasteiger partial charge in [0.1, 0.15) is 16.5 Å². The Morgan fingerprint density at radius 3 is 2.53 bits per heavy atom. The first-order chi connectivity index (χ1) is 14.2. The Morgan fingerprint density at radius 1 is 1.20 bits per heavy atom. The van der Waals surface area contributed by atoms with Gasteiger partial charge in [0.05, 0.1) is 17.7 Å². The fourth-order valence-electron chi connectivity index (χ4n) is 3.27. The monoisotopic (exact) mass is 437 g/mol. The molecule has 1 fully saturated rings. The molecule has 1 saturated carbocycles. The minimum atomic E-state index is -3.96. The Hall–Kier alpha value is -3.05. The van der Waals surface area contributed by atoms with E-state index >= 15 is 0 Å². The van der Waals surface area contributed by atoms with Crippen molar-refractivity contribution >= 4 is 27.3 Å². The third-order valence-corrected chi connectivity index (χ3v) is 6.34. The molecular weight excluding hydrogens is 417 g/mol. The predicted octanol–water partition coefficient (Wildman–Crippen LogP) is 3.22. The number of halogens is 1. The van der Waals surface area contributed by atoms with Gasteiger partial charge in [-0.3, -0.25) is 14.9 Å². The van der Waals surface area contributed by atoms with Crippen LogP contribution in [0.1, 0.15) is 36.0 Å². The Balaban J connectivity index is 1.90. The number of carbonyl (C=O) groups is 1. The first-order valence-electron chi connectivity index (χ1n) is 9.17. The molecule has 30 heavy (non-hydrogen) atoms. The lowest BCUT2D eigenvalue weighted by Crippen LogP contribution is -2.33. The van der Waals surface area contributed by atoms with Gasteiger partial charge in [-0.25, -0.2) is 17.5 Å². The fourth-order valence-corrected chi connectivity index (χ4v) is 4.77. The number of methoxy groups -OCH3 is 1. The number of sulfonamides is 1. The number of non-ortho nitro benzene ring substituents is 1. The van der Waals surface area contributed by atoms with Gasteiger partial charge in [-0.05, 0) is 37.1 Å². The highest BCUT2D eigenvalue weighted by molar-refractivity contribution is 7.89. The van der Waals surface area contributed by atoms with Crippen molar-refractivity contribution < 1.29 is 27.3 Å². The highest BCUT2D eigenvalue weighted by Gasteiger charge is 2.27. The highest BCUT2D eigenvalue weighted by atomic mass is 32.2. The smallest absolute Gasteiger partial charge is 0.271 e. The number of hydrogen-bond acceptors (Lipinski definition) is 6. The number of nitro groups is 1. The summed E-state index contributed by atoms with van der Waals surface area (Å²) >= 11 is 0. The van der Waals surface area contributed by atoms with E-state index in [1.165, 1.54) is 19.2 Å². The van der Waals surface area contributed by atoms with Crippen molar-refractivity contribution in [3.8, 4) is 5.75 Å². The predicted molar refractivity (Wildman–Crippen MR) is 107 cm³/mol. The Morgan fingerprint density at radius 2 is 1.90 bits per heavy atom. The van der Waals surface area contributed by atoms with Crippen LogP contribution in [-0.2, 0) is 10.0 Å². The zero-order chi connectivity index (χ0) is 21.9. The van der Waals surface area contributed by atoms with Gasteiger partial charge in [0.15, 0.2) is 0 Å². The van der Waals surface area contributed by atoms with Crippen molar-refractivity contribution in [2.45, 2.75) is 36.6 Å². The van der Waals surface area contributed by atoms with Crippen LogP contribution in [0.2, 0.25) is 0 Å². The average molecular weight is 437 g/mol. The summed E-state index contributed by atoms with van der Waals surface area (Å²) in [5.74, 6) is -1.63. The Labute approximate surface area is 172 Å². The van der Waals surface area contributed by atoms with Gasteiger partial charge in [-0.2, -0.15) is 0 Å². The van der Waals surface area contributed by atoms with E-state index in [9.17, 15) is 27.7 Å². The molecule has 1 amide bonds. The number of carbonyl (C=O) groups excluding carboxylic acids is 1. The molecule has 0 spiro atoms. The van der Waals surface area contributed by atoms with Gasteiger partial charge in [0, 0.05) is 23.7 Å². The zero-order valence-electron chi connectivity index (χ0n) is 16.1. The Kier molecular flexibility index (Phi) is 6.32. The minimum Gasteiger partial charge on any atom is -0.495 e. The average Bonchev–Trinajstić information content (AvgIpc) is 3.21. The van der Waals surface area contributed by atoms with Crippen LogP contribution in [0.15, 0.2) is 41.3 Å². The van der Waals surface area contributed by atoms with E-state index < -0.39 is 38.0 Å². The van der Waals surface area contributed by atoms with Crippen molar-refractivity contribution in [3.05, 3.63) is 57.9 Å². The van der Waals surface area contributed by atoms with E-state index in [4.69, 9.17) is 4.74 Å². The maximum Gasteiger partial charge on any atom is 0.271 e. The molecule has 3 rings (SSSR count). The van der Waals surface area contributed by atoms with Crippen molar-refractivity contribution in [1.82, 2.24) is 4.72 Å². The third kappa shape index (κ3) is 4.74. The normalized spacial score (nSPS) is 14.5. The van der Waals surface area contributed by atoms with Crippen LogP contribution < -0.4 is 14.8 Å². The van der Waals surface area contributed by atoms with E-state index in [-0.39, 0.29) is 22.3 Å². The highest BCUT2D eigenvalue weighted by Crippen LogP contribution is 2.28. The summed E-state index contributed by atoms with van der Waals surface area (Å²) in [6, 6.07) is 6.30. The SMILES string of the molecule is COc1ccc(C(=O)Nc2cc([N+](=O)[O-])ccc2F)cc1S(=O)(=O)NC1CCCC1. The second-order valence-electron chi connectivity index (χ2n) is 6.84. The number of nitrogens with one attached hydrogen (secondary N) is 2. The van der Waals surface area contributed by atoms with Crippen molar-refractivity contribution in [2.75, 3.05) is 12.4 Å². The largest absolute Gasteiger partial charge is 0.495 e. The van der Waals surface area contributed by atoms with Crippen molar-refractivity contribution in [3.63, 3.8) is 0 Å². The summed E-state index contributed by atoms with van der Waals surface area (Å²) in [6.07, 6.45) is 3.32. The zero-order valence-corrected chi connectivity index (χ0v) is 16.9. The van der Waals surface area contributed by atoms with Crippen LogP contribution >= 0.6 is 0 Å². The van der Waals surface area contributed by atoms with Crippen molar-refractivity contribution in [1.29, 1.82) is 0 Å². The second-order valence-corrected chi connectivity index (χ2v) is 8.53. The lowest BCUT2D eigenvalue weighted by molar-refractivity contribution is -0.384. The first kappa shape index (κ1) is 21.7. The minimum absolute atomic E-state index is 0.0542. The molecule has 0 saturated heterocycles. The number of nitrogens with zero attached hydrogens (tertiary/aromatic N) is 1. The molecule has 1 aliphatic rings. The number of anilines is 1. The van der Waals surface area contributed by atoms with Gasteiger partial charge >= 0.3 is 0 Å². The molecule has 160 valence electrons. The van der Waals surface area contributed by atoms with E-state index in [0.29, 0.717) is 0 Å². The maximum absolute atomic E-state index is 14.0. The number of amides is 1. The molecule has 2 aromatic rings.